The fourth-order valence-corrected chi connectivity index (χ4v) is 5.46. The first-order valence-corrected chi connectivity index (χ1v) is 14.8. The molecule has 0 radical (unpaired) electrons. The third kappa shape index (κ3) is 7.11. The van der Waals surface area contributed by atoms with Crippen molar-refractivity contribution in [3.8, 4) is 16.3 Å². The van der Waals surface area contributed by atoms with Crippen molar-refractivity contribution in [2.75, 3.05) is 68.5 Å². The minimum absolute atomic E-state index is 0.0186. The summed E-state index contributed by atoms with van der Waals surface area (Å²) in [7, 11) is 7.63. The van der Waals surface area contributed by atoms with Gasteiger partial charge < -0.3 is 25.2 Å². The zero-order chi connectivity index (χ0) is 30.3. The number of ether oxygens (including phenoxy) is 1. The lowest BCUT2D eigenvalue weighted by molar-refractivity contribution is -0.111. The number of hydrogen-bond acceptors (Lipinski definition) is 11. The molecule has 12 heteroatoms. The molecule has 3 heterocycles. The van der Waals surface area contributed by atoms with Gasteiger partial charge in [0, 0.05) is 55.8 Å². The first kappa shape index (κ1) is 30.0. The van der Waals surface area contributed by atoms with Crippen molar-refractivity contribution < 1.29 is 14.4 Å². The highest BCUT2D eigenvalue weighted by Crippen LogP contribution is 2.39. The molecule has 1 amide bonds. The Morgan fingerprint density at radius 3 is 2.77 bits per heavy atom. The van der Waals surface area contributed by atoms with E-state index in [1.54, 1.807) is 18.4 Å². The van der Waals surface area contributed by atoms with Crippen LogP contribution in [0.5, 0.6) is 5.75 Å². The fraction of sp³-hybridized carbons (Fsp3) is 0.290. The van der Waals surface area contributed by atoms with Gasteiger partial charge in [0.15, 0.2) is 5.82 Å². The first-order valence-electron chi connectivity index (χ1n) is 13.9. The van der Waals surface area contributed by atoms with Crippen LogP contribution in [0.1, 0.15) is 18.0 Å². The second kappa shape index (κ2) is 13.6. The van der Waals surface area contributed by atoms with Crippen LogP contribution in [-0.4, -0.2) is 73.7 Å². The van der Waals surface area contributed by atoms with Gasteiger partial charge in [-0.15, -0.1) is 11.3 Å². The Kier molecular flexibility index (Phi) is 9.50. The Labute approximate surface area is 255 Å². The maximum atomic E-state index is 12.3. The van der Waals surface area contributed by atoms with Gasteiger partial charge in [-0.25, -0.2) is 20.0 Å². The number of carbonyl (C=O) groups is 1. The predicted molar refractivity (Wildman–Crippen MR) is 172 cm³/mol. The molecule has 4 aromatic rings. The molecule has 11 nitrogen and oxygen atoms in total. The number of amides is 1. The summed E-state index contributed by atoms with van der Waals surface area (Å²) in [6.45, 7) is 5.76. The molecule has 224 valence electrons. The van der Waals surface area contributed by atoms with E-state index < -0.39 is 0 Å². The molecule has 1 aliphatic heterocycles. The zero-order valence-corrected chi connectivity index (χ0v) is 25.6. The number of likely N-dealkylation sites (N-methyl/N-ethyl adjacent to an activating group) is 2. The molecular formula is C31H36N8O3S. The van der Waals surface area contributed by atoms with Crippen LogP contribution in [0.15, 0.2) is 73.0 Å². The lowest BCUT2D eigenvalue weighted by Gasteiger charge is -2.26. The first-order chi connectivity index (χ1) is 20.9. The molecule has 0 spiro atoms. The summed E-state index contributed by atoms with van der Waals surface area (Å²) in [4.78, 5) is 36.0. The third-order valence-corrected chi connectivity index (χ3v) is 7.87. The highest BCUT2D eigenvalue weighted by atomic mass is 32.1. The highest BCUT2D eigenvalue weighted by molar-refractivity contribution is 7.13. The highest BCUT2D eigenvalue weighted by Gasteiger charge is 2.29. The van der Waals surface area contributed by atoms with Crippen molar-refractivity contribution in [2.24, 2.45) is 0 Å². The normalized spacial score (nSPS) is 14.5. The Balaban J connectivity index is 1.42. The largest absolute Gasteiger partial charge is 0.494 e. The zero-order valence-electron chi connectivity index (χ0n) is 24.8. The van der Waals surface area contributed by atoms with Crippen LogP contribution >= 0.6 is 11.3 Å². The number of hydroxylamine groups is 1. The number of nitrogens with zero attached hydrogens (tertiary/aromatic N) is 6. The second-order valence-corrected chi connectivity index (χ2v) is 11.2. The Morgan fingerprint density at radius 1 is 1.16 bits per heavy atom. The lowest BCUT2D eigenvalue weighted by atomic mass is 10.0. The Morgan fingerprint density at radius 2 is 2.02 bits per heavy atom. The van der Waals surface area contributed by atoms with E-state index in [1.807, 2.05) is 62.0 Å². The molecule has 1 aliphatic rings. The Bertz CT molecular complexity index is 1560. The monoisotopic (exact) mass is 600 g/mol. The third-order valence-electron chi connectivity index (χ3n) is 7.05. The van der Waals surface area contributed by atoms with Gasteiger partial charge >= 0.3 is 0 Å². The summed E-state index contributed by atoms with van der Waals surface area (Å²) >= 11 is 1.61. The minimum Gasteiger partial charge on any atom is -0.494 e. The summed E-state index contributed by atoms with van der Waals surface area (Å²) < 4.78 is 5.75. The summed E-state index contributed by atoms with van der Waals surface area (Å²) in [6, 6.07) is 13.9. The maximum Gasteiger partial charge on any atom is 0.247 e. The van der Waals surface area contributed by atoms with Gasteiger partial charge in [-0.2, -0.15) is 0 Å². The Hall–Kier alpha value is -4.52. The average molecular weight is 601 g/mol. The van der Waals surface area contributed by atoms with Crippen LogP contribution < -0.4 is 25.3 Å². The summed E-state index contributed by atoms with van der Waals surface area (Å²) in [5, 5.41) is 11.1. The number of thiazole rings is 1. The smallest absolute Gasteiger partial charge is 0.247 e. The SMILES string of the molecule is C=CC(=O)Nc1cc(Nc2cc(N3OCCC3c3cccc(-c4nccs4)c3)ncn2)c(OC)cc1N(C)CCN(C)C. The molecule has 43 heavy (non-hydrogen) atoms. The standard InChI is InChI=1S/C31H36N8O3S/c1-6-30(40)36-23-17-24(27(41-5)18-26(23)38(4)13-12-37(2)3)35-28-19-29(34-20-33-28)39-25(10-14-42-39)21-8-7-9-22(16-21)31-32-11-15-43-31/h6-9,11,15-20,25H,1,10,12-14H2,2-5H3,(H,36,40)(H,33,34,35). The molecule has 0 saturated carbocycles. The van der Waals surface area contributed by atoms with Crippen LogP contribution in [0.4, 0.5) is 28.7 Å². The van der Waals surface area contributed by atoms with Crippen molar-refractivity contribution >= 4 is 45.9 Å². The molecule has 1 unspecified atom stereocenters. The van der Waals surface area contributed by atoms with E-state index in [-0.39, 0.29) is 11.9 Å². The van der Waals surface area contributed by atoms with E-state index in [1.165, 1.54) is 12.4 Å². The van der Waals surface area contributed by atoms with E-state index in [0.717, 1.165) is 41.3 Å². The molecule has 2 aromatic heterocycles. The van der Waals surface area contributed by atoms with E-state index >= 15 is 0 Å². The fourth-order valence-electron chi connectivity index (χ4n) is 4.82. The minimum atomic E-state index is -0.307. The molecule has 0 bridgehead atoms. The van der Waals surface area contributed by atoms with Crippen LogP contribution in [0, 0.1) is 0 Å². The topological polar surface area (TPSA) is 108 Å². The molecule has 5 rings (SSSR count). The second-order valence-electron chi connectivity index (χ2n) is 10.3. The van der Waals surface area contributed by atoms with Gasteiger partial charge in [-0.3, -0.25) is 9.63 Å². The summed E-state index contributed by atoms with van der Waals surface area (Å²) in [5.74, 6) is 1.46. The van der Waals surface area contributed by atoms with Crippen molar-refractivity contribution in [3.63, 3.8) is 0 Å². The predicted octanol–water partition coefficient (Wildman–Crippen LogP) is 5.36. The number of methoxy groups -OCH3 is 1. The molecule has 1 atom stereocenters. The van der Waals surface area contributed by atoms with Gasteiger partial charge in [-0.1, -0.05) is 24.8 Å². The van der Waals surface area contributed by atoms with Crippen LogP contribution in [-0.2, 0) is 9.63 Å². The summed E-state index contributed by atoms with van der Waals surface area (Å²) in [5.41, 5.74) is 4.26. The number of carbonyl (C=O) groups excluding carboxylic acids is 1. The van der Waals surface area contributed by atoms with E-state index in [4.69, 9.17) is 9.57 Å². The molecule has 2 aromatic carbocycles. The van der Waals surface area contributed by atoms with Crippen molar-refractivity contribution in [1.29, 1.82) is 0 Å². The van der Waals surface area contributed by atoms with Gasteiger partial charge in [0.05, 0.1) is 36.8 Å². The van der Waals surface area contributed by atoms with Crippen molar-refractivity contribution in [3.05, 3.63) is 78.6 Å². The number of hydrogen-bond donors (Lipinski definition) is 2. The van der Waals surface area contributed by atoms with Crippen LogP contribution in [0.25, 0.3) is 10.6 Å². The number of rotatable bonds is 12. The van der Waals surface area contributed by atoms with Crippen molar-refractivity contribution in [2.45, 2.75) is 12.5 Å². The summed E-state index contributed by atoms with van der Waals surface area (Å²) in [6.07, 6.45) is 5.38. The van der Waals surface area contributed by atoms with Crippen LogP contribution in [0.2, 0.25) is 0 Å². The van der Waals surface area contributed by atoms with E-state index in [2.05, 4.69) is 60.2 Å². The quantitative estimate of drug-likeness (QED) is 0.206. The molecule has 0 aliphatic carbocycles. The van der Waals surface area contributed by atoms with Gasteiger partial charge in [0.25, 0.3) is 0 Å². The molecule has 1 fully saturated rings. The average Bonchev–Trinajstić information content (AvgIpc) is 3.73. The molecule has 1 saturated heterocycles. The lowest BCUT2D eigenvalue weighted by Crippen LogP contribution is -2.29. The van der Waals surface area contributed by atoms with E-state index in [9.17, 15) is 4.79 Å². The number of nitrogens with one attached hydrogen (secondary N) is 2. The molecule has 2 N–H and O–H groups in total. The van der Waals surface area contributed by atoms with Crippen LogP contribution in [0.3, 0.4) is 0 Å². The van der Waals surface area contributed by atoms with Crippen molar-refractivity contribution in [1.82, 2.24) is 19.9 Å². The molecular weight excluding hydrogens is 564 g/mol. The van der Waals surface area contributed by atoms with Gasteiger partial charge in [0.2, 0.25) is 5.91 Å². The van der Waals surface area contributed by atoms with Gasteiger partial charge in [-0.05, 0) is 37.9 Å². The number of aromatic nitrogens is 3. The number of benzene rings is 2. The number of anilines is 5. The van der Waals surface area contributed by atoms with E-state index in [0.29, 0.717) is 35.4 Å². The van der Waals surface area contributed by atoms with Gasteiger partial charge in [0.1, 0.15) is 22.9 Å². The maximum absolute atomic E-state index is 12.3.